The Morgan fingerprint density at radius 2 is 1.86 bits per heavy atom. The minimum Gasteiger partial charge on any atom is -0.295 e. The van der Waals surface area contributed by atoms with E-state index in [9.17, 15) is 0 Å². The fourth-order valence-corrected chi connectivity index (χ4v) is 4.54. The van der Waals surface area contributed by atoms with E-state index >= 15 is 0 Å². The van der Waals surface area contributed by atoms with Crippen molar-refractivity contribution in [2.45, 2.75) is 52.1 Å². The van der Waals surface area contributed by atoms with Crippen molar-refractivity contribution < 1.29 is 0 Å². The summed E-state index contributed by atoms with van der Waals surface area (Å²) in [6, 6.07) is 0.776. The van der Waals surface area contributed by atoms with Gasteiger partial charge in [-0.2, -0.15) is 0 Å². The molecule has 1 aliphatic heterocycles. The van der Waals surface area contributed by atoms with Crippen molar-refractivity contribution in [2.75, 3.05) is 6.54 Å². The third kappa shape index (κ3) is 0.900. The largest absolute Gasteiger partial charge is 0.295 e. The van der Waals surface area contributed by atoms with E-state index in [0.717, 1.165) is 29.7 Å². The molecule has 80 valence electrons. The van der Waals surface area contributed by atoms with Crippen LogP contribution in [0.5, 0.6) is 0 Å². The van der Waals surface area contributed by atoms with Crippen LogP contribution < -0.4 is 0 Å². The first-order chi connectivity index (χ1) is 6.56. The van der Waals surface area contributed by atoms with Gasteiger partial charge >= 0.3 is 0 Å². The molecule has 2 aliphatic carbocycles. The highest BCUT2D eigenvalue weighted by Crippen LogP contribution is 2.70. The van der Waals surface area contributed by atoms with Crippen LogP contribution in [0.2, 0.25) is 0 Å². The molecule has 1 heteroatoms. The SMILES string of the molecule is CC(C)C1CC23C[C@@H]2C1CN3C(C)C. The Labute approximate surface area is 87.9 Å². The lowest BCUT2D eigenvalue weighted by Gasteiger charge is -2.41. The van der Waals surface area contributed by atoms with Gasteiger partial charge in [-0.05, 0) is 50.4 Å². The van der Waals surface area contributed by atoms with Crippen molar-refractivity contribution in [3.05, 3.63) is 0 Å². The number of nitrogens with zero attached hydrogens (tertiary/aromatic N) is 1. The molecule has 0 amide bonds. The van der Waals surface area contributed by atoms with E-state index in [2.05, 4.69) is 32.6 Å². The molecule has 0 spiro atoms. The maximum absolute atomic E-state index is 2.81. The molecule has 1 heterocycles. The Morgan fingerprint density at radius 1 is 1.14 bits per heavy atom. The van der Waals surface area contributed by atoms with Gasteiger partial charge in [0, 0.05) is 18.1 Å². The molecule has 0 N–H and O–H groups in total. The van der Waals surface area contributed by atoms with Gasteiger partial charge in [-0.3, -0.25) is 4.90 Å². The minimum atomic E-state index is 0.702. The first-order valence-corrected chi connectivity index (χ1v) is 6.33. The molecule has 3 aliphatic rings. The maximum atomic E-state index is 2.81. The van der Waals surface area contributed by atoms with Gasteiger partial charge in [0.15, 0.2) is 0 Å². The van der Waals surface area contributed by atoms with Crippen molar-refractivity contribution >= 4 is 0 Å². The number of likely N-dealkylation sites (tertiary alicyclic amines) is 1. The Hall–Kier alpha value is -0.0400. The summed E-state index contributed by atoms with van der Waals surface area (Å²) in [7, 11) is 0. The first kappa shape index (κ1) is 9.21. The molecule has 3 rings (SSSR count). The van der Waals surface area contributed by atoms with Gasteiger partial charge in [0.25, 0.3) is 0 Å². The summed E-state index contributed by atoms with van der Waals surface area (Å²) in [6.45, 7) is 11.0. The Bertz CT molecular complexity index is 258. The number of rotatable bonds is 2. The second kappa shape index (κ2) is 2.55. The van der Waals surface area contributed by atoms with Crippen molar-refractivity contribution in [1.29, 1.82) is 0 Å². The molecule has 0 aromatic heterocycles. The molecule has 3 unspecified atom stereocenters. The van der Waals surface area contributed by atoms with Gasteiger partial charge in [-0.15, -0.1) is 0 Å². The van der Waals surface area contributed by atoms with Crippen LogP contribution in [-0.2, 0) is 0 Å². The maximum Gasteiger partial charge on any atom is 0.0250 e. The Morgan fingerprint density at radius 3 is 2.29 bits per heavy atom. The summed E-state index contributed by atoms with van der Waals surface area (Å²) in [5.74, 6) is 4.11. The van der Waals surface area contributed by atoms with Crippen LogP contribution in [0.4, 0.5) is 0 Å². The van der Waals surface area contributed by atoms with Crippen LogP contribution in [0.3, 0.4) is 0 Å². The third-order valence-electron chi connectivity index (χ3n) is 5.22. The average molecular weight is 193 g/mol. The van der Waals surface area contributed by atoms with Crippen molar-refractivity contribution in [1.82, 2.24) is 4.90 Å². The second-order valence-electron chi connectivity index (χ2n) is 6.44. The molecule has 0 aromatic carbocycles. The molecule has 1 saturated heterocycles. The smallest absolute Gasteiger partial charge is 0.0250 e. The lowest BCUT2D eigenvalue weighted by Crippen LogP contribution is -2.46. The highest BCUT2D eigenvalue weighted by atomic mass is 15.3. The Kier molecular flexibility index (Phi) is 1.68. The van der Waals surface area contributed by atoms with E-state index in [-0.39, 0.29) is 0 Å². The molecule has 0 aromatic rings. The lowest BCUT2D eigenvalue weighted by molar-refractivity contribution is 0.0697. The Balaban J connectivity index is 1.82. The summed E-state index contributed by atoms with van der Waals surface area (Å²) in [4.78, 5) is 2.81. The van der Waals surface area contributed by atoms with E-state index in [0.29, 0.717) is 5.54 Å². The normalized spacial score (nSPS) is 50.6. The molecule has 3 fully saturated rings. The topological polar surface area (TPSA) is 3.24 Å². The van der Waals surface area contributed by atoms with Crippen molar-refractivity contribution in [2.24, 2.45) is 23.7 Å². The third-order valence-corrected chi connectivity index (χ3v) is 5.22. The predicted octanol–water partition coefficient (Wildman–Crippen LogP) is 2.76. The summed E-state index contributed by atoms with van der Waals surface area (Å²) >= 11 is 0. The highest BCUT2D eigenvalue weighted by Gasteiger charge is 2.73. The van der Waals surface area contributed by atoms with Crippen molar-refractivity contribution in [3.63, 3.8) is 0 Å². The highest BCUT2D eigenvalue weighted by molar-refractivity contribution is 5.26. The second-order valence-corrected chi connectivity index (χ2v) is 6.44. The van der Waals surface area contributed by atoms with Gasteiger partial charge in [-0.25, -0.2) is 0 Å². The zero-order valence-corrected chi connectivity index (χ0v) is 9.96. The molecular formula is C13H23N. The molecule has 2 saturated carbocycles. The molecule has 2 bridgehead atoms. The number of hydrogen-bond donors (Lipinski definition) is 0. The van der Waals surface area contributed by atoms with E-state index in [1.807, 2.05) is 0 Å². The van der Waals surface area contributed by atoms with E-state index < -0.39 is 0 Å². The predicted molar refractivity (Wildman–Crippen MR) is 59.1 cm³/mol. The zero-order valence-electron chi connectivity index (χ0n) is 9.96. The fraction of sp³-hybridized carbons (Fsp3) is 1.00. The van der Waals surface area contributed by atoms with Crippen LogP contribution in [0.1, 0.15) is 40.5 Å². The molecule has 14 heavy (non-hydrogen) atoms. The van der Waals surface area contributed by atoms with Crippen LogP contribution in [0.25, 0.3) is 0 Å². The van der Waals surface area contributed by atoms with Crippen molar-refractivity contribution in [3.8, 4) is 0 Å². The molecule has 4 atom stereocenters. The van der Waals surface area contributed by atoms with Gasteiger partial charge in [-0.1, -0.05) is 13.8 Å². The van der Waals surface area contributed by atoms with E-state index in [1.54, 1.807) is 0 Å². The molecule has 1 nitrogen and oxygen atoms in total. The summed E-state index contributed by atoms with van der Waals surface area (Å²) in [5, 5.41) is 0. The van der Waals surface area contributed by atoms with Gasteiger partial charge in [0.2, 0.25) is 0 Å². The monoisotopic (exact) mass is 193 g/mol. The lowest BCUT2D eigenvalue weighted by atomic mass is 9.80. The van der Waals surface area contributed by atoms with Gasteiger partial charge < -0.3 is 0 Å². The summed E-state index contributed by atoms with van der Waals surface area (Å²) in [5.41, 5.74) is 0.702. The number of piperidine rings is 2. The average Bonchev–Trinajstić information content (AvgIpc) is 2.63. The van der Waals surface area contributed by atoms with E-state index in [4.69, 9.17) is 0 Å². The number of hydrogen-bond acceptors (Lipinski definition) is 1. The molecular weight excluding hydrogens is 170 g/mol. The zero-order chi connectivity index (χ0) is 10.1. The fourth-order valence-electron chi connectivity index (χ4n) is 4.54. The van der Waals surface area contributed by atoms with E-state index in [1.165, 1.54) is 19.4 Å². The van der Waals surface area contributed by atoms with Crippen LogP contribution in [-0.4, -0.2) is 23.0 Å². The first-order valence-electron chi connectivity index (χ1n) is 6.33. The van der Waals surface area contributed by atoms with Crippen LogP contribution >= 0.6 is 0 Å². The summed E-state index contributed by atoms with van der Waals surface area (Å²) in [6.07, 6.45) is 3.04. The standard InChI is InChI=1S/C13H23N/c1-8(2)10-5-13-6-12(13)11(10)7-14(13)9(3)4/h8-12H,5-7H2,1-4H3/t10?,11?,12-,13?/m1/s1. The van der Waals surface area contributed by atoms with Gasteiger partial charge in [0.1, 0.15) is 0 Å². The minimum absolute atomic E-state index is 0.702. The molecule has 0 radical (unpaired) electrons. The van der Waals surface area contributed by atoms with Crippen LogP contribution in [0.15, 0.2) is 0 Å². The summed E-state index contributed by atoms with van der Waals surface area (Å²) < 4.78 is 0. The van der Waals surface area contributed by atoms with Gasteiger partial charge in [0.05, 0.1) is 0 Å². The van der Waals surface area contributed by atoms with Crippen LogP contribution in [0, 0.1) is 23.7 Å². The quantitative estimate of drug-likeness (QED) is 0.652.